The Morgan fingerprint density at radius 3 is 3.00 bits per heavy atom. The van der Waals surface area contributed by atoms with Crippen molar-refractivity contribution >= 4 is 11.7 Å². The lowest BCUT2D eigenvalue weighted by Gasteiger charge is -2.07. The fourth-order valence-electron chi connectivity index (χ4n) is 1.29. The summed E-state index contributed by atoms with van der Waals surface area (Å²) in [6.07, 6.45) is 2.55. The summed E-state index contributed by atoms with van der Waals surface area (Å²) in [5.41, 5.74) is 0.619. The van der Waals surface area contributed by atoms with E-state index < -0.39 is 0 Å². The Bertz CT molecular complexity index is 355. The molecular weight excluding hydrogens is 218 g/mol. The standard InChI is InChI=1S/C12H19N3O2/c1-3-5-15-12(16)10-4-6-13-11(9-10)14-7-8-17-2/h4,6,9H,3,5,7-8H2,1-2H3,(H,13,14)(H,15,16). The molecule has 5 heteroatoms. The Kier molecular flexibility index (Phi) is 6.03. The van der Waals surface area contributed by atoms with Gasteiger partial charge in [0.1, 0.15) is 5.82 Å². The summed E-state index contributed by atoms with van der Waals surface area (Å²) >= 11 is 0. The van der Waals surface area contributed by atoms with Gasteiger partial charge < -0.3 is 15.4 Å². The number of hydrogen-bond acceptors (Lipinski definition) is 4. The van der Waals surface area contributed by atoms with E-state index in [0.29, 0.717) is 31.1 Å². The third kappa shape index (κ3) is 4.82. The highest BCUT2D eigenvalue weighted by Crippen LogP contribution is 2.06. The number of pyridine rings is 1. The zero-order chi connectivity index (χ0) is 12.5. The molecule has 94 valence electrons. The first-order valence-electron chi connectivity index (χ1n) is 5.75. The monoisotopic (exact) mass is 237 g/mol. The van der Waals surface area contributed by atoms with Crippen molar-refractivity contribution in [2.75, 3.05) is 32.1 Å². The molecule has 0 spiro atoms. The molecule has 0 atom stereocenters. The summed E-state index contributed by atoms with van der Waals surface area (Å²) in [6.45, 7) is 3.98. The van der Waals surface area contributed by atoms with Crippen molar-refractivity contribution in [1.82, 2.24) is 10.3 Å². The minimum absolute atomic E-state index is 0.0657. The van der Waals surface area contributed by atoms with Crippen molar-refractivity contribution in [2.45, 2.75) is 13.3 Å². The summed E-state index contributed by atoms with van der Waals surface area (Å²) in [5.74, 6) is 0.621. The number of carbonyl (C=O) groups excluding carboxylic acids is 1. The first kappa shape index (κ1) is 13.4. The Morgan fingerprint density at radius 1 is 1.47 bits per heavy atom. The highest BCUT2D eigenvalue weighted by molar-refractivity contribution is 5.94. The lowest BCUT2D eigenvalue weighted by molar-refractivity contribution is 0.0953. The highest BCUT2D eigenvalue weighted by atomic mass is 16.5. The summed E-state index contributed by atoms with van der Waals surface area (Å²) in [5, 5.41) is 5.90. The van der Waals surface area contributed by atoms with Gasteiger partial charge in [0.25, 0.3) is 5.91 Å². The molecule has 0 unspecified atom stereocenters. The first-order valence-corrected chi connectivity index (χ1v) is 5.75. The Labute approximate surface area is 102 Å². The Morgan fingerprint density at radius 2 is 2.29 bits per heavy atom. The number of rotatable bonds is 7. The summed E-state index contributed by atoms with van der Waals surface area (Å²) in [7, 11) is 1.64. The van der Waals surface area contributed by atoms with E-state index >= 15 is 0 Å². The second-order valence-corrected chi connectivity index (χ2v) is 3.61. The molecular formula is C12H19N3O2. The lowest BCUT2D eigenvalue weighted by Crippen LogP contribution is -2.24. The SMILES string of the molecule is CCCNC(=O)c1ccnc(NCCOC)c1. The maximum absolute atomic E-state index is 11.7. The molecule has 0 aliphatic heterocycles. The number of ether oxygens (including phenoxy) is 1. The predicted octanol–water partition coefficient (Wildman–Crippen LogP) is 1.28. The second kappa shape index (κ2) is 7.62. The fourth-order valence-corrected chi connectivity index (χ4v) is 1.29. The van der Waals surface area contributed by atoms with Crippen molar-refractivity contribution in [3.05, 3.63) is 23.9 Å². The molecule has 0 fully saturated rings. The minimum Gasteiger partial charge on any atom is -0.383 e. The Hall–Kier alpha value is -1.62. The molecule has 0 radical (unpaired) electrons. The molecule has 1 aromatic rings. The molecule has 0 bridgehead atoms. The van der Waals surface area contributed by atoms with E-state index in [4.69, 9.17) is 4.74 Å². The number of carbonyl (C=O) groups is 1. The molecule has 0 saturated carbocycles. The smallest absolute Gasteiger partial charge is 0.251 e. The van der Waals surface area contributed by atoms with Gasteiger partial charge in [-0.25, -0.2) is 4.98 Å². The van der Waals surface area contributed by atoms with Gasteiger partial charge in [0, 0.05) is 32.0 Å². The number of anilines is 1. The third-order valence-corrected chi connectivity index (χ3v) is 2.17. The number of nitrogens with zero attached hydrogens (tertiary/aromatic N) is 1. The molecule has 0 aliphatic carbocycles. The average molecular weight is 237 g/mol. The van der Waals surface area contributed by atoms with Gasteiger partial charge in [-0.2, -0.15) is 0 Å². The van der Waals surface area contributed by atoms with Gasteiger partial charge in [-0.05, 0) is 18.6 Å². The van der Waals surface area contributed by atoms with Crippen LogP contribution in [0, 0.1) is 0 Å². The Balaban J connectivity index is 2.55. The maximum atomic E-state index is 11.7. The van der Waals surface area contributed by atoms with Crippen LogP contribution in [0.5, 0.6) is 0 Å². The quantitative estimate of drug-likeness (QED) is 0.701. The van der Waals surface area contributed by atoms with Crippen molar-refractivity contribution in [1.29, 1.82) is 0 Å². The number of amides is 1. The van der Waals surface area contributed by atoms with E-state index in [1.54, 1.807) is 25.4 Å². The minimum atomic E-state index is -0.0657. The van der Waals surface area contributed by atoms with Crippen LogP contribution in [-0.4, -0.2) is 37.7 Å². The van der Waals surface area contributed by atoms with E-state index in [0.717, 1.165) is 6.42 Å². The van der Waals surface area contributed by atoms with Crippen LogP contribution in [0.1, 0.15) is 23.7 Å². The van der Waals surface area contributed by atoms with Crippen molar-refractivity contribution in [3.8, 4) is 0 Å². The van der Waals surface area contributed by atoms with Gasteiger partial charge in [0.15, 0.2) is 0 Å². The fraction of sp³-hybridized carbons (Fsp3) is 0.500. The van der Waals surface area contributed by atoms with Gasteiger partial charge in [-0.3, -0.25) is 4.79 Å². The third-order valence-electron chi connectivity index (χ3n) is 2.17. The van der Waals surface area contributed by atoms with Crippen molar-refractivity contribution in [2.24, 2.45) is 0 Å². The summed E-state index contributed by atoms with van der Waals surface area (Å²) < 4.78 is 4.92. The molecule has 0 saturated heterocycles. The molecule has 0 aromatic carbocycles. The molecule has 1 amide bonds. The molecule has 1 heterocycles. The predicted molar refractivity (Wildman–Crippen MR) is 67.2 cm³/mol. The summed E-state index contributed by atoms with van der Waals surface area (Å²) in [4.78, 5) is 15.8. The highest BCUT2D eigenvalue weighted by Gasteiger charge is 2.05. The largest absolute Gasteiger partial charge is 0.383 e. The van der Waals surface area contributed by atoms with Crippen LogP contribution in [-0.2, 0) is 4.74 Å². The first-order chi connectivity index (χ1) is 8.27. The maximum Gasteiger partial charge on any atom is 0.251 e. The van der Waals surface area contributed by atoms with Crippen LogP contribution in [0.3, 0.4) is 0 Å². The topological polar surface area (TPSA) is 63.2 Å². The number of hydrogen-bond donors (Lipinski definition) is 2. The van der Waals surface area contributed by atoms with Crippen LogP contribution >= 0.6 is 0 Å². The van der Waals surface area contributed by atoms with E-state index in [2.05, 4.69) is 15.6 Å². The number of methoxy groups -OCH3 is 1. The molecule has 1 aromatic heterocycles. The molecule has 0 aliphatic rings. The van der Waals surface area contributed by atoms with E-state index in [1.807, 2.05) is 6.92 Å². The van der Waals surface area contributed by atoms with Crippen LogP contribution in [0.4, 0.5) is 5.82 Å². The van der Waals surface area contributed by atoms with E-state index in [9.17, 15) is 4.79 Å². The second-order valence-electron chi connectivity index (χ2n) is 3.61. The van der Waals surface area contributed by atoms with Gasteiger partial charge >= 0.3 is 0 Å². The lowest BCUT2D eigenvalue weighted by atomic mass is 10.2. The van der Waals surface area contributed by atoms with E-state index in [1.165, 1.54) is 0 Å². The zero-order valence-corrected chi connectivity index (χ0v) is 10.3. The average Bonchev–Trinajstić information content (AvgIpc) is 2.36. The van der Waals surface area contributed by atoms with Gasteiger partial charge in [-0.1, -0.05) is 6.92 Å². The number of nitrogens with one attached hydrogen (secondary N) is 2. The summed E-state index contributed by atoms with van der Waals surface area (Å²) in [6, 6.07) is 3.44. The molecule has 5 nitrogen and oxygen atoms in total. The van der Waals surface area contributed by atoms with Gasteiger partial charge in [0.05, 0.1) is 6.61 Å². The van der Waals surface area contributed by atoms with E-state index in [-0.39, 0.29) is 5.91 Å². The van der Waals surface area contributed by atoms with Crippen LogP contribution in [0.25, 0.3) is 0 Å². The molecule has 2 N–H and O–H groups in total. The van der Waals surface area contributed by atoms with Crippen LogP contribution in [0.2, 0.25) is 0 Å². The van der Waals surface area contributed by atoms with Crippen LogP contribution in [0.15, 0.2) is 18.3 Å². The number of aromatic nitrogens is 1. The van der Waals surface area contributed by atoms with Gasteiger partial charge in [-0.15, -0.1) is 0 Å². The van der Waals surface area contributed by atoms with Crippen molar-refractivity contribution < 1.29 is 9.53 Å². The zero-order valence-electron chi connectivity index (χ0n) is 10.3. The molecule has 1 rings (SSSR count). The normalized spacial score (nSPS) is 10.0. The van der Waals surface area contributed by atoms with Crippen LogP contribution < -0.4 is 10.6 Å². The molecule has 17 heavy (non-hydrogen) atoms. The van der Waals surface area contributed by atoms with Crippen molar-refractivity contribution in [3.63, 3.8) is 0 Å². The van der Waals surface area contributed by atoms with Gasteiger partial charge in [0.2, 0.25) is 0 Å².